The smallest absolute Gasteiger partial charge is 0.255 e. The van der Waals surface area contributed by atoms with Crippen molar-refractivity contribution in [1.82, 2.24) is 10.2 Å². The van der Waals surface area contributed by atoms with Crippen LogP contribution in [0.15, 0.2) is 42.5 Å². The van der Waals surface area contributed by atoms with E-state index < -0.39 is 6.04 Å². The highest BCUT2D eigenvalue weighted by molar-refractivity contribution is 14.1. The van der Waals surface area contributed by atoms with E-state index in [9.17, 15) is 14.4 Å². The van der Waals surface area contributed by atoms with Gasteiger partial charge in [0, 0.05) is 22.1 Å². The number of hydrogen-bond acceptors (Lipinski definition) is 3. The molecule has 1 unspecified atom stereocenters. The summed E-state index contributed by atoms with van der Waals surface area (Å²) in [7, 11) is 0. The maximum absolute atomic E-state index is 12.9. The van der Waals surface area contributed by atoms with Crippen LogP contribution in [0, 0.1) is 3.57 Å². The molecule has 1 N–H and O–H groups in total. The van der Waals surface area contributed by atoms with Gasteiger partial charge >= 0.3 is 0 Å². The van der Waals surface area contributed by atoms with Crippen LogP contribution < -0.4 is 5.32 Å². The summed E-state index contributed by atoms with van der Waals surface area (Å²) >= 11 is 2.28. The Kier molecular flexibility index (Phi) is 4.07. The molecule has 5 nitrogen and oxygen atoms in total. The fraction of sp³-hybridized carbons (Fsp3) is 0.211. The van der Waals surface area contributed by atoms with E-state index in [4.69, 9.17) is 0 Å². The van der Waals surface area contributed by atoms with Crippen LogP contribution in [0.3, 0.4) is 0 Å². The van der Waals surface area contributed by atoms with Crippen molar-refractivity contribution in [3.8, 4) is 11.1 Å². The maximum Gasteiger partial charge on any atom is 0.255 e. The third-order valence-corrected chi connectivity index (χ3v) is 5.65. The van der Waals surface area contributed by atoms with Crippen LogP contribution in [0.5, 0.6) is 0 Å². The van der Waals surface area contributed by atoms with Crippen LogP contribution >= 0.6 is 22.6 Å². The second-order valence-electron chi connectivity index (χ2n) is 6.25. The van der Waals surface area contributed by atoms with Crippen LogP contribution in [-0.4, -0.2) is 28.7 Å². The summed E-state index contributed by atoms with van der Waals surface area (Å²) in [4.78, 5) is 37.9. The molecule has 0 aromatic heterocycles. The summed E-state index contributed by atoms with van der Waals surface area (Å²) in [6.45, 7) is 0.409. The number of fused-ring (bicyclic) bond motifs is 1. The summed E-state index contributed by atoms with van der Waals surface area (Å²) in [5.74, 6) is -0.793. The highest BCUT2D eigenvalue weighted by atomic mass is 127. The Labute approximate surface area is 158 Å². The number of carbonyl (C=O) groups is 3. The van der Waals surface area contributed by atoms with Crippen molar-refractivity contribution in [3.63, 3.8) is 0 Å². The average molecular weight is 446 g/mol. The zero-order valence-corrected chi connectivity index (χ0v) is 15.4. The van der Waals surface area contributed by atoms with E-state index in [2.05, 4.69) is 27.9 Å². The highest BCUT2D eigenvalue weighted by Gasteiger charge is 2.39. The number of nitrogens with zero attached hydrogens (tertiary/aromatic N) is 1. The molecule has 2 aromatic rings. The number of rotatable bonds is 2. The van der Waals surface area contributed by atoms with Crippen molar-refractivity contribution in [1.29, 1.82) is 0 Å². The Balaban J connectivity index is 1.65. The summed E-state index contributed by atoms with van der Waals surface area (Å²) in [6.07, 6.45) is 0.651. The second kappa shape index (κ2) is 6.25. The predicted molar refractivity (Wildman–Crippen MR) is 101 cm³/mol. The molecule has 0 aliphatic carbocycles. The zero-order valence-electron chi connectivity index (χ0n) is 13.3. The van der Waals surface area contributed by atoms with E-state index in [0.717, 1.165) is 20.3 Å². The molecular weight excluding hydrogens is 431 g/mol. The van der Waals surface area contributed by atoms with Gasteiger partial charge in [0.2, 0.25) is 11.8 Å². The summed E-state index contributed by atoms with van der Waals surface area (Å²) in [5, 5.41) is 2.33. The van der Waals surface area contributed by atoms with E-state index in [1.54, 1.807) is 4.90 Å². The lowest BCUT2D eigenvalue weighted by atomic mass is 10.0. The number of nitrogens with one attached hydrogen (secondary N) is 1. The Morgan fingerprint density at radius 2 is 1.84 bits per heavy atom. The molecule has 2 aliphatic rings. The van der Waals surface area contributed by atoms with Gasteiger partial charge < -0.3 is 4.90 Å². The fourth-order valence-corrected chi connectivity index (χ4v) is 4.12. The van der Waals surface area contributed by atoms with Gasteiger partial charge in [0.25, 0.3) is 5.91 Å². The predicted octanol–water partition coefficient (Wildman–Crippen LogP) is 2.72. The third-order valence-electron chi connectivity index (χ3n) is 4.71. The van der Waals surface area contributed by atoms with E-state index in [1.807, 2.05) is 42.5 Å². The van der Waals surface area contributed by atoms with Gasteiger partial charge in [-0.1, -0.05) is 30.3 Å². The molecule has 6 heteroatoms. The van der Waals surface area contributed by atoms with Crippen molar-refractivity contribution in [2.45, 2.75) is 25.4 Å². The summed E-state index contributed by atoms with van der Waals surface area (Å²) in [5.41, 5.74) is 3.63. The van der Waals surface area contributed by atoms with Crippen molar-refractivity contribution in [3.05, 3.63) is 57.2 Å². The molecule has 1 fully saturated rings. The summed E-state index contributed by atoms with van der Waals surface area (Å²) < 4.78 is 1.12. The Bertz CT molecular complexity index is 909. The first-order valence-electron chi connectivity index (χ1n) is 8.07. The van der Waals surface area contributed by atoms with Crippen molar-refractivity contribution in [2.75, 3.05) is 0 Å². The molecule has 3 amide bonds. The van der Waals surface area contributed by atoms with Crippen molar-refractivity contribution >= 4 is 40.3 Å². The van der Waals surface area contributed by atoms with E-state index >= 15 is 0 Å². The van der Waals surface area contributed by atoms with Gasteiger partial charge in [-0.2, -0.15) is 0 Å². The second-order valence-corrected chi connectivity index (χ2v) is 7.41. The molecule has 25 heavy (non-hydrogen) atoms. The minimum absolute atomic E-state index is 0.141. The number of hydrogen-bond donors (Lipinski definition) is 1. The molecule has 0 saturated carbocycles. The van der Waals surface area contributed by atoms with Gasteiger partial charge in [-0.15, -0.1) is 0 Å². The van der Waals surface area contributed by atoms with Gasteiger partial charge in [-0.3, -0.25) is 19.7 Å². The first-order chi connectivity index (χ1) is 12.0. The van der Waals surface area contributed by atoms with Gasteiger partial charge in [-0.25, -0.2) is 0 Å². The SMILES string of the molecule is O=C1CCC(N2Cc3ccc(-c4ccccc4I)cc3C2=O)C(=O)N1. The lowest BCUT2D eigenvalue weighted by Crippen LogP contribution is -2.52. The van der Waals surface area contributed by atoms with Crippen LogP contribution in [-0.2, 0) is 16.1 Å². The first kappa shape index (κ1) is 16.3. The van der Waals surface area contributed by atoms with Gasteiger partial charge in [0.1, 0.15) is 6.04 Å². The first-order valence-corrected chi connectivity index (χ1v) is 9.15. The monoisotopic (exact) mass is 446 g/mol. The molecule has 0 bridgehead atoms. The largest absolute Gasteiger partial charge is 0.322 e. The van der Waals surface area contributed by atoms with Crippen LogP contribution in [0.25, 0.3) is 11.1 Å². The van der Waals surface area contributed by atoms with Gasteiger partial charge in [0.15, 0.2) is 0 Å². The Morgan fingerprint density at radius 3 is 2.60 bits per heavy atom. The number of carbonyl (C=O) groups excluding carboxylic acids is 3. The van der Waals surface area contributed by atoms with E-state index in [-0.39, 0.29) is 24.1 Å². The number of imide groups is 1. The molecule has 1 atom stereocenters. The van der Waals surface area contributed by atoms with E-state index in [1.165, 1.54) is 0 Å². The third kappa shape index (κ3) is 2.84. The van der Waals surface area contributed by atoms with Crippen molar-refractivity contribution < 1.29 is 14.4 Å². The molecule has 2 heterocycles. The standard InChI is InChI=1S/C19H15IN2O3/c20-15-4-2-1-3-13(15)11-5-6-12-10-22(19(25)14(12)9-11)16-7-8-17(23)21-18(16)24/h1-6,9,16H,7-8,10H2,(H,21,23,24). The molecule has 1 saturated heterocycles. The number of benzene rings is 2. The highest BCUT2D eigenvalue weighted by Crippen LogP contribution is 2.32. The Hall–Kier alpha value is -2.22. The van der Waals surface area contributed by atoms with Gasteiger partial charge in [0.05, 0.1) is 0 Å². The average Bonchev–Trinajstić information content (AvgIpc) is 2.92. The molecule has 0 radical (unpaired) electrons. The number of halogens is 1. The number of amides is 3. The van der Waals surface area contributed by atoms with Crippen LogP contribution in [0.1, 0.15) is 28.8 Å². The summed E-state index contributed by atoms with van der Waals surface area (Å²) in [6, 6.07) is 13.3. The van der Waals surface area contributed by atoms with Crippen molar-refractivity contribution in [2.24, 2.45) is 0 Å². The minimum Gasteiger partial charge on any atom is -0.322 e. The number of piperidine rings is 1. The molecule has 0 spiro atoms. The fourth-order valence-electron chi connectivity index (χ4n) is 3.42. The molecule has 126 valence electrons. The zero-order chi connectivity index (χ0) is 17.6. The molecule has 2 aromatic carbocycles. The quantitative estimate of drug-likeness (QED) is 0.570. The van der Waals surface area contributed by atoms with Crippen LogP contribution in [0.4, 0.5) is 0 Å². The molecular formula is C19H15IN2O3. The maximum atomic E-state index is 12.9. The topological polar surface area (TPSA) is 66.5 Å². The Morgan fingerprint density at radius 1 is 1.04 bits per heavy atom. The lowest BCUT2D eigenvalue weighted by molar-refractivity contribution is -0.136. The minimum atomic E-state index is -0.571. The van der Waals surface area contributed by atoms with E-state index in [0.29, 0.717) is 18.5 Å². The van der Waals surface area contributed by atoms with Crippen LogP contribution in [0.2, 0.25) is 0 Å². The molecule has 4 rings (SSSR count). The molecule has 2 aliphatic heterocycles. The lowest BCUT2D eigenvalue weighted by Gasteiger charge is -2.29. The normalized spacial score (nSPS) is 19.8. The van der Waals surface area contributed by atoms with Gasteiger partial charge in [-0.05, 0) is 57.8 Å².